The van der Waals surface area contributed by atoms with Crippen molar-refractivity contribution < 1.29 is 13.6 Å². The lowest BCUT2D eigenvalue weighted by Crippen LogP contribution is -2.39. The fourth-order valence-corrected chi connectivity index (χ4v) is 0.568. The van der Waals surface area contributed by atoms with E-state index in [1.807, 2.05) is 5.32 Å². The summed E-state index contributed by atoms with van der Waals surface area (Å²) in [6.45, 7) is 6.46. The van der Waals surface area contributed by atoms with Gasteiger partial charge in [-0.1, -0.05) is 12.2 Å². The molecule has 0 aliphatic rings. The SMILES string of the molecule is C=CCNC(=O)C(F)(F)CC=C. The van der Waals surface area contributed by atoms with Gasteiger partial charge in [-0.3, -0.25) is 4.79 Å². The summed E-state index contributed by atoms with van der Waals surface area (Å²) in [5.41, 5.74) is 0. The molecule has 0 spiro atoms. The maximum Gasteiger partial charge on any atom is 0.327 e. The Bertz CT molecular complexity index is 189. The van der Waals surface area contributed by atoms with Gasteiger partial charge in [0, 0.05) is 13.0 Å². The average molecular weight is 175 g/mol. The molecule has 1 N–H and O–H groups in total. The zero-order valence-corrected chi connectivity index (χ0v) is 6.65. The fourth-order valence-electron chi connectivity index (χ4n) is 0.568. The largest absolute Gasteiger partial charge is 0.347 e. The first-order chi connectivity index (χ1) is 5.54. The first-order valence-corrected chi connectivity index (χ1v) is 3.42. The number of allylic oxidation sites excluding steroid dienone is 1. The normalized spacial score (nSPS) is 10.5. The summed E-state index contributed by atoms with van der Waals surface area (Å²) in [6.07, 6.45) is 1.70. The quantitative estimate of drug-likeness (QED) is 0.630. The third kappa shape index (κ3) is 3.27. The van der Waals surface area contributed by atoms with Crippen molar-refractivity contribution in [1.82, 2.24) is 5.32 Å². The molecule has 12 heavy (non-hydrogen) atoms. The van der Waals surface area contributed by atoms with Crippen LogP contribution in [0.25, 0.3) is 0 Å². The Kier molecular flexibility index (Phi) is 4.18. The molecule has 0 aliphatic heterocycles. The maximum absolute atomic E-state index is 12.6. The third-order valence-electron chi connectivity index (χ3n) is 1.14. The van der Waals surface area contributed by atoms with Crippen LogP contribution in [0, 0.1) is 0 Å². The van der Waals surface area contributed by atoms with Crippen molar-refractivity contribution in [2.75, 3.05) is 6.54 Å². The van der Waals surface area contributed by atoms with E-state index in [4.69, 9.17) is 0 Å². The third-order valence-corrected chi connectivity index (χ3v) is 1.14. The van der Waals surface area contributed by atoms with Crippen LogP contribution in [-0.4, -0.2) is 18.4 Å². The van der Waals surface area contributed by atoms with Crippen LogP contribution >= 0.6 is 0 Å². The monoisotopic (exact) mass is 175 g/mol. The average Bonchev–Trinajstić information content (AvgIpc) is 2.00. The van der Waals surface area contributed by atoms with Gasteiger partial charge < -0.3 is 5.32 Å². The van der Waals surface area contributed by atoms with Crippen molar-refractivity contribution in [3.8, 4) is 0 Å². The molecule has 0 unspecified atom stereocenters. The summed E-state index contributed by atoms with van der Waals surface area (Å²) >= 11 is 0. The minimum atomic E-state index is -3.36. The van der Waals surface area contributed by atoms with Crippen LogP contribution in [0.3, 0.4) is 0 Å². The zero-order valence-electron chi connectivity index (χ0n) is 6.65. The summed E-state index contributed by atoms with van der Waals surface area (Å²) < 4.78 is 25.2. The van der Waals surface area contributed by atoms with Crippen LogP contribution in [0.1, 0.15) is 6.42 Å². The summed E-state index contributed by atoms with van der Waals surface area (Å²) in [6, 6.07) is 0. The highest BCUT2D eigenvalue weighted by Crippen LogP contribution is 2.18. The summed E-state index contributed by atoms with van der Waals surface area (Å²) in [5, 5.41) is 2.00. The molecule has 1 amide bonds. The van der Waals surface area contributed by atoms with Gasteiger partial charge in [0.1, 0.15) is 0 Å². The van der Waals surface area contributed by atoms with E-state index in [1.54, 1.807) is 0 Å². The Morgan fingerprint density at radius 3 is 2.42 bits per heavy atom. The second-order valence-corrected chi connectivity index (χ2v) is 2.20. The number of amides is 1. The highest BCUT2D eigenvalue weighted by atomic mass is 19.3. The van der Waals surface area contributed by atoms with E-state index in [-0.39, 0.29) is 6.54 Å². The number of carbonyl (C=O) groups is 1. The summed E-state index contributed by atoms with van der Waals surface area (Å²) in [7, 11) is 0. The number of carbonyl (C=O) groups excluding carboxylic acids is 1. The number of hydrogen-bond donors (Lipinski definition) is 1. The Morgan fingerprint density at radius 1 is 1.42 bits per heavy atom. The van der Waals surface area contributed by atoms with Gasteiger partial charge in [-0.2, -0.15) is 8.78 Å². The van der Waals surface area contributed by atoms with Gasteiger partial charge >= 0.3 is 5.92 Å². The maximum atomic E-state index is 12.6. The predicted molar refractivity (Wildman–Crippen MR) is 43.0 cm³/mol. The molecule has 0 fully saturated rings. The summed E-state index contributed by atoms with van der Waals surface area (Å²) in [5.74, 6) is -4.65. The van der Waals surface area contributed by atoms with Gasteiger partial charge in [0.25, 0.3) is 5.91 Å². The van der Waals surface area contributed by atoms with Gasteiger partial charge in [-0.15, -0.1) is 13.2 Å². The first kappa shape index (κ1) is 10.8. The second kappa shape index (κ2) is 4.64. The Balaban J connectivity index is 4.04. The van der Waals surface area contributed by atoms with E-state index in [9.17, 15) is 13.6 Å². The molecule has 0 saturated heterocycles. The molecule has 4 heteroatoms. The molecule has 0 aromatic heterocycles. The van der Waals surface area contributed by atoms with Gasteiger partial charge in [0.2, 0.25) is 0 Å². The Morgan fingerprint density at radius 2 is 2.00 bits per heavy atom. The van der Waals surface area contributed by atoms with Crippen molar-refractivity contribution in [2.24, 2.45) is 0 Å². The molecule has 0 bridgehead atoms. The molecule has 0 aromatic carbocycles. The molecule has 0 atom stereocenters. The lowest BCUT2D eigenvalue weighted by atomic mass is 10.2. The van der Waals surface area contributed by atoms with Gasteiger partial charge in [0.05, 0.1) is 0 Å². The molecule has 0 radical (unpaired) electrons. The topological polar surface area (TPSA) is 29.1 Å². The van der Waals surface area contributed by atoms with Crippen molar-refractivity contribution >= 4 is 5.91 Å². The van der Waals surface area contributed by atoms with E-state index < -0.39 is 18.3 Å². The molecule has 2 nitrogen and oxygen atoms in total. The molecule has 0 saturated carbocycles. The van der Waals surface area contributed by atoms with Crippen molar-refractivity contribution in [3.05, 3.63) is 25.3 Å². The van der Waals surface area contributed by atoms with Crippen molar-refractivity contribution in [1.29, 1.82) is 0 Å². The standard InChI is InChI=1S/C8H11F2NO/c1-3-5-8(9,10)7(12)11-6-4-2/h3-4H,1-2,5-6H2,(H,11,12). The minimum Gasteiger partial charge on any atom is -0.347 e. The van der Waals surface area contributed by atoms with Crippen LogP contribution in [0.15, 0.2) is 25.3 Å². The van der Waals surface area contributed by atoms with E-state index in [0.717, 1.165) is 6.08 Å². The van der Waals surface area contributed by atoms with Gasteiger partial charge in [-0.05, 0) is 0 Å². The van der Waals surface area contributed by atoms with E-state index in [0.29, 0.717) is 0 Å². The van der Waals surface area contributed by atoms with E-state index in [2.05, 4.69) is 13.2 Å². The number of rotatable bonds is 5. The Hall–Kier alpha value is -1.19. The van der Waals surface area contributed by atoms with Crippen molar-refractivity contribution in [2.45, 2.75) is 12.3 Å². The van der Waals surface area contributed by atoms with E-state index >= 15 is 0 Å². The van der Waals surface area contributed by atoms with Crippen LogP contribution in [0.4, 0.5) is 8.78 Å². The van der Waals surface area contributed by atoms with Gasteiger partial charge in [-0.25, -0.2) is 0 Å². The van der Waals surface area contributed by atoms with E-state index in [1.165, 1.54) is 6.08 Å². The van der Waals surface area contributed by atoms with Crippen LogP contribution in [0.2, 0.25) is 0 Å². The van der Waals surface area contributed by atoms with Crippen LogP contribution < -0.4 is 5.32 Å². The zero-order chi connectivity index (χ0) is 9.61. The lowest BCUT2D eigenvalue weighted by molar-refractivity contribution is -0.144. The van der Waals surface area contributed by atoms with Crippen LogP contribution in [0.5, 0.6) is 0 Å². The smallest absolute Gasteiger partial charge is 0.327 e. The predicted octanol–water partition coefficient (Wildman–Crippen LogP) is 1.50. The highest BCUT2D eigenvalue weighted by molar-refractivity contribution is 5.83. The number of halogens is 2. The molecular formula is C8H11F2NO. The number of hydrogen-bond acceptors (Lipinski definition) is 1. The molecule has 0 heterocycles. The highest BCUT2D eigenvalue weighted by Gasteiger charge is 2.36. The lowest BCUT2D eigenvalue weighted by Gasteiger charge is -2.12. The Labute approximate surface area is 70.0 Å². The second-order valence-electron chi connectivity index (χ2n) is 2.20. The molecular weight excluding hydrogens is 164 g/mol. The fraction of sp³-hybridized carbons (Fsp3) is 0.375. The number of alkyl halides is 2. The van der Waals surface area contributed by atoms with Gasteiger partial charge in [0.15, 0.2) is 0 Å². The molecule has 0 rings (SSSR count). The summed E-state index contributed by atoms with van der Waals surface area (Å²) in [4.78, 5) is 10.7. The molecule has 0 aliphatic carbocycles. The molecule has 68 valence electrons. The van der Waals surface area contributed by atoms with Crippen LogP contribution in [-0.2, 0) is 4.79 Å². The minimum absolute atomic E-state index is 0.0472. The molecule has 0 aromatic rings. The first-order valence-electron chi connectivity index (χ1n) is 3.42. The van der Waals surface area contributed by atoms with Crippen molar-refractivity contribution in [3.63, 3.8) is 0 Å². The number of nitrogens with one attached hydrogen (secondary N) is 1.